The van der Waals surface area contributed by atoms with Crippen LogP contribution in [0.4, 0.5) is 0 Å². The monoisotopic (exact) mass is 319 g/mol. The fourth-order valence-electron chi connectivity index (χ4n) is 1.56. The van der Waals surface area contributed by atoms with Crippen molar-refractivity contribution in [1.82, 2.24) is 4.72 Å². The molecule has 1 aromatic carbocycles. The van der Waals surface area contributed by atoms with E-state index in [0.717, 1.165) is 0 Å². The maximum absolute atomic E-state index is 12.2. The molecule has 8 nitrogen and oxygen atoms in total. The first-order valence-corrected chi connectivity index (χ1v) is 7.30. The van der Waals surface area contributed by atoms with Gasteiger partial charge < -0.3 is 19.3 Å². The van der Waals surface area contributed by atoms with Crippen LogP contribution in [0.25, 0.3) is 0 Å². The maximum atomic E-state index is 12.2. The minimum absolute atomic E-state index is 0.137. The number of carbonyl (C=O) groups is 1. The Morgan fingerprint density at radius 3 is 2.33 bits per heavy atom. The average Bonchev–Trinajstić information content (AvgIpc) is 2.45. The highest BCUT2D eigenvalue weighted by Gasteiger charge is 2.26. The van der Waals surface area contributed by atoms with Crippen molar-refractivity contribution in [2.24, 2.45) is 0 Å². The summed E-state index contributed by atoms with van der Waals surface area (Å²) in [5.74, 6) is -0.747. The van der Waals surface area contributed by atoms with E-state index in [1.807, 2.05) is 0 Å². The van der Waals surface area contributed by atoms with E-state index in [1.165, 1.54) is 39.5 Å². The lowest BCUT2D eigenvalue weighted by molar-refractivity contribution is -0.140. The molecule has 0 amide bonds. The second kappa shape index (κ2) is 7.25. The molecule has 2 N–H and O–H groups in total. The standard InChI is InChI=1S/C12H17NO7S/c1-18-7-9(12(14)15)13-21(16,17)8-4-5-10(19-2)11(6-8)20-3/h4-6,9,13H,7H2,1-3H3,(H,14,15). The van der Waals surface area contributed by atoms with Crippen LogP contribution in [0.3, 0.4) is 0 Å². The normalized spacial score (nSPS) is 12.7. The van der Waals surface area contributed by atoms with E-state index in [4.69, 9.17) is 14.6 Å². The number of aliphatic carboxylic acids is 1. The Balaban J connectivity index is 3.10. The average molecular weight is 319 g/mol. The van der Waals surface area contributed by atoms with Crippen molar-refractivity contribution in [2.75, 3.05) is 27.9 Å². The van der Waals surface area contributed by atoms with Crippen LogP contribution in [0.2, 0.25) is 0 Å². The molecule has 0 radical (unpaired) electrons. The van der Waals surface area contributed by atoms with Crippen LogP contribution in [0, 0.1) is 0 Å². The fourth-order valence-corrected chi connectivity index (χ4v) is 2.75. The number of rotatable bonds is 8. The van der Waals surface area contributed by atoms with Gasteiger partial charge in [0.05, 0.1) is 25.7 Å². The van der Waals surface area contributed by atoms with E-state index in [-0.39, 0.29) is 17.3 Å². The minimum Gasteiger partial charge on any atom is -0.493 e. The van der Waals surface area contributed by atoms with E-state index in [1.54, 1.807) is 0 Å². The van der Waals surface area contributed by atoms with Crippen molar-refractivity contribution in [1.29, 1.82) is 0 Å². The predicted molar refractivity (Wildman–Crippen MR) is 73.2 cm³/mol. The molecule has 1 rings (SSSR count). The van der Waals surface area contributed by atoms with Gasteiger partial charge in [0.2, 0.25) is 10.0 Å². The Morgan fingerprint density at radius 2 is 1.86 bits per heavy atom. The van der Waals surface area contributed by atoms with Gasteiger partial charge in [-0.25, -0.2) is 8.42 Å². The highest BCUT2D eigenvalue weighted by Crippen LogP contribution is 2.29. The number of hydrogen-bond donors (Lipinski definition) is 2. The van der Waals surface area contributed by atoms with Gasteiger partial charge in [0.15, 0.2) is 11.5 Å². The molecule has 1 aromatic rings. The first-order chi connectivity index (χ1) is 9.85. The Morgan fingerprint density at radius 1 is 1.24 bits per heavy atom. The summed E-state index contributed by atoms with van der Waals surface area (Å²) in [5, 5.41) is 8.95. The van der Waals surface area contributed by atoms with Crippen molar-refractivity contribution in [3.05, 3.63) is 18.2 Å². The summed E-state index contributed by atoms with van der Waals surface area (Å²) in [6.07, 6.45) is 0. The molecule has 0 fully saturated rings. The number of methoxy groups -OCH3 is 3. The maximum Gasteiger partial charge on any atom is 0.324 e. The number of benzene rings is 1. The zero-order chi connectivity index (χ0) is 16.0. The Hall–Kier alpha value is -1.84. The lowest BCUT2D eigenvalue weighted by Gasteiger charge is -2.15. The fraction of sp³-hybridized carbons (Fsp3) is 0.417. The van der Waals surface area contributed by atoms with Gasteiger partial charge in [0.1, 0.15) is 6.04 Å². The van der Waals surface area contributed by atoms with Gasteiger partial charge >= 0.3 is 5.97 Å². The number of hydrogen-bond acceptors (Lipinski definition) is 6. The van der Waals surface area contributed by atoms with Crippen molar-refractivity contribution in [3.63, 3.8) is 0 Å². The first-order valence-electron chi connectivity index (χ1n) is 5.81. The number of sulfonamides is 1. The summed E-state index contributed by atoms with van der Waals surface area (Å²) >= 11 is 0. The summed E-state index contributed by atoms with van der Waals surface area (Å²) in [6, 6.07) is 2.56. The van der Waals surface area contributed by atoms with E-state index < -0.39 is 22.0 Å². The molecule has 0 aliphatic rings. The SMILES string of the molecule is COCC(NS(=O)(=O)c1ccc(OC)c(OC)c1)C(=O)O. The third-order valence-corrected chi connectivity index (χ3v) is 4.06. The van der Waals surface area contributed by atoms with Crippen LogP contribution in [-0.2, 0) is 19.6 Å². The Labute approximate surface area is 122 Å². The summed E-state index contributed by atoms with van der Waals surface area (Å²) in [6.45, 7) is -0.290. The van der Waals surface area contributed by atoms with Crippen molar-refractivity contribution in [3.8, 4) is 11.5 Å². The van der Waals surface area contributed by atoms with Crippen LogP contribution < -0.4 is 14.2 Å². The van der Waals surface area contributed by atoms with Crippen molar-refractivity contribution in [2.45, 2.75) is 10.9 Å². The largest absolute Gasteiger partial charge is 0.493 e. The molecule has 0 saturated carbocycles. The third-order valence-electron chi connectivity index (χ3n) is 2.59. The van der Waals surface area contributed by atoms with Gasteiger partial charge in [-0.05, 0) is 12.1 Å². The number of carboxylic acid groups (broad SMARTS) is 1. The molecular formula is C12H17NO7S. The molecule has 21 heavy (non-hydrogen) atoms. The van der Waals surface area contributed by atoms with Gasteiger partial charge in [-0.3, -0.25) is 4.79 Å². The zero-order valence-corrected chi connectivity index (χ0v) is 12.6. The molecule has 0 saturated heterocycles. The van der Waals surface area contributed by atoms with Crippen LogP contribution in [0.1, 0.15) is 0 Å². The van der Waals surface area contributed by atoms with Crippen molar-refractivity contribution >= 4 is 16.0 Å². The van der Waals surface area contributed by atoms with Gasteiger partial charge in [-0.2, -0.15) is 4.72 Å². The van der Waals surface area contributed by atoms with E-state index >= 15 is 0 Å². The first kappa shape index (κ1) is 17.2. The summed E-state index contributed by atoms with van der Waals surface area (Å²) in [7, 11) is 0.0354. The van der Waals surface area contributed by atoms with Crippen LogP contribution in [0.15, 0.2) is 23.1 Å². The second-order valence-corrected chi connectivity index (χ2v) is 5.70. The van der Waals surface area contributed by atoms with Crippen molar-refractivity contribution < 1.29 is 32.5 Å². The molecule has 9 heteroatoms. The molecule has 1 atom stereocenters. The molecule has 0 aliphatic carbocycles. The summed E-state index contributed by atoms with van der Waals surface area (Å²) in [5.41, 5.74) is 0. The number of carboxylic acids is 1. The van der Waals surface area contributed by atoms with E-state index in [0.29, 0.717) is 5.75 Å². The Kier molecular flexibility index (Phi) is 5.94. The molecular weight excluding hydrogens is 302 g/mol. The molecule has 118 valence electrons. The number of ether oxygens (including phenoxy) is 3. The van der Waals surface area contributed by atoms with E-state index in [2.05, 4.69) is 9.46 Å². The lowest BCUT2D eigenvalue weighted by Crippen LogP contribution is -2.43. The minimum atomic E-state index is -4.03. The van der Waals surface area contributed by atoms with Gasteiger partial charge in [0, 0.05) is 13.2 Å². The quantitative estimate of drug-likeness (QED) is 0.698. The molecule has 0 aromatic heterocycles. The highest BCUT2D eigenvalue weighted by molar-refractivity contribution is 7.89. The lowest BCUT2D eigenvalue weighted by atomic mass is 10.3. The summed E-state index contributed by atoms with van der Waals surface area (Å²) < 4.78 is 41.1. The zero-order valence-electron chi connectivity index (χ0n) is 11.8. The van der Waals surface area contributed by atoms with E-state index in [9.17, 15) is 13.2 Å². The molecule has 0 spiro atoms. The molecule has 0 heterocycles. The van der Waals surface area contributed by atoms with Gasteiger partial charge in [-0.1, -0.05) is 0 Å². The molecule has 0 aliphatic heterocycles. The van der Waals surface area contributed by atoms with Gasteiger partial charge in [-0.15, -0.1) is 0 Å². The second-order valence-electron chi connectivity index (χ2n) is 3.98. The number of nitrogens with one attached hydrogen (secondary N) is 1. The Bertz CT molecular complexity index is 600. The highest BCUT2D eigenvalue weighted by atomic mass is 32.2. The topological polar surface area (TPSA) is 111 Å². The molecule has 0 bridgehead atoms. The summed E-state index contributed by atoms with van der Waals surface area (Å²) in [4.78, 5) is 10.8. The predicted octanol–water partition coefficient (Wildman–Crippen LogP) is 0.0817. The third kappa shape index (κ3) is 4.31. The van der Waals surface area contributed by atoms with Crippen LogP contribution in [0.5, 0.6) is 11.5 Å². The van der Waals surface area contributed by atoms with Crippen LogP contribution in [-0.4, -0.2) is 53.5 Å². The van der Waals surface area contributed by atoms with Gasteiger partial charge in [0.25, 0.3) is 0 Å². The molecule has 1 unspecified atom stereocenters. The smallest absolute Gasteiger partial charge is 0.324 e. The van der Waals surface area contributed by atoms with Crippen LogP contribution >= 0.6 is 0 Å².